The highest BCUT2D eigenvalue weighted by atomic mass is 16.5. The fraction of sp³-hybridized carbons (Fsp3) is 0.342. The van der Waals surface area contributed by atoms with Crippen LogP contribution in [-0.2, 0) is 19.1 Å². The molecule has 0 bridgehead atoms. The van der Waals surface area contributed by atoms with Gasteiger partial charge in [0.25, 0.3) is 0 Å². The molecule has 0 heterocycles. The van der Waals surface area contributed by atoms with E-state index in [1.807, 2.05) is 24.3 Å². The molecule has 1 N–H and O–H groups in total. The van der Waals surface area contributed by atoms with Gasteiger partial charge in [0.2, 0.25) is 0 Å². The number of benzene rings is 3. The smallest absolute Gasteiger partial charge is 0.343 e. The molecule has 0 amide bonds. The molecule has 0 saturated carbocycles. The molecule has 0 fully saturated rings. The molecule has 248 valence electrons. The van der Waals surface area contributed by atoms with E-state index in [1.54, 1.807) is 24.3 Å². The number of rotatable bonds is 19. The summed E-state index contributed by atoms with van der Waals surface area (Å²) in [4.78, 5) is 35.4. The zero-order valence-electron chi connectivity index (χ0n) is 26.8. The van der Waals surface area contributed by atoms with Crippen molar-refractivity contribution in [2.45, 2.75) is 51.4 Å². The first kappa shape index (κ1) is 35.0. The van der Waals surface area contributed by atoms with Crippen LogP contribution in [0.4, 0.5) is 0 Å². The monoisotopic (exact) mass is 642 g/mol. The summed E-state index contributed by atoms with van der Waals surface area (Å²) in [6.45, 7) is 10.2. The Morgan fingerprint density at radius 2 is 1.26 bits per heavy atom. The summed E-state index contributed by atoms with van der Waals surface area (Å²) in [6.07, 6.45) is 6.02. The molecule has 3 aromatic carbocycles. The topological polar surface area (TPSA) is 118 Å². The van der Waals surface area contributed by atoms with Gasteiger partial charge in [0.15, 0.2) is 0 Å². The third-order valence-electron chi connectivity index (χ3n) is 7.81. The van der Waals surface area contributed by atoms with Crippen molar-refractivity contribution >= 4 is 17.9 Å². The van der Waals surface area contributed by atoms with Crippen molar-refractivity contribution in [3.63, 3.8) is 0 Å². The second-order valence-electron chi connectivity index (χ2n) is 11.2. The lowest BCUT2D eigenvalue weighted by Gasteiger charge is -2.11. The summed E-state index contributed by atoms with van der Waals surface area (Å²) < 4.78 is 27.5. The van der Waals surface area contributed by atoms with Gasteiger partial charge in [-0.25, -0.2) is 14.4 Å². The zero-order valence-corrected chi connectivity index (χ0v) is 26.8. The van der Waals surface area contributed by atoms with Gasteiger partial charge in [-0.05, 0) is 109 Å². The van der Waals surface area contributed by atoms with Crippen LogP contribution < -0.4 is 14.2 Å². The van der Waals surface area contributed by atoms with Crippen LogP contribution >= 0.6 is 0 Å². The second-order valence-corrected chi connectivity index (χ2v) is 11.2. The third kappa shape index (κ3) is 10.0. The van der Waals surface area contributed by atoms with E-state index in [4.69, 9.17) is 28.8 Å². The van der Waals surface area contributed by atoms with E-state index in [1.165, 1.54) is 5.56 Å². The van der Waals surface area contributed by atoms with Gasteiger partial charge >= 0.3 is 17.9 Å². The van der Waals surface area contributed by atoms with Crippen LogP contribution in [0.15, 0.2) is 85.5 Å². The van der Waals surface area contributed by atoms with E-state index in [0.29, 0.717) is 49.9 Å². The molecule has 0 aliphatic heterocycles. The number of ether oxygens (including phenoxy) is 5. The molecule has 9 heteroatoms. The Bertz CT molecular complexity index is 1560. The van der Waals surface area contributed by atoms with Crippen LogP contribution in [0.1, 0.15) is 72.9 Å². The average molecular weight is 643 g/mol. The maximum absolute atomic E-state index is 12.9. The number of fused-ring (bicyclic) bond motifs is 3. The number of hydrogen-bond acceptors (Lipinski definition) is 9. The first-order chi connectivity index (χ1) is 22.8. The fourth-order valence-electron chi connectivity index (χ4n) is 5.17. The van der Waals surface area contributed by atoms with Gasteiger partial charge < -0.3 is 28.8 Å². The number of aliphatic hydroxyl groups is 1. The van der Waals surface area contributed by atoms with E-state index in [9.17, 15) is 14.4 Å². The predicted octanol–water partition coefficient (Wildman–Crippen LogP) is 6.96. The van der Waals surface area contributed by atoms with Crippen LogP contribution in [0.3, 0.4) is 0 Å². The molecule has 1 aliphatic rings. The quantitative estimate of drug-likeness (QED) is 0.0641. The van der Waals surface area contributed by atoms with Crippen molar-refractivity contribution in [1.29, 1.82) is 0 Å². The number of unbranched alkanes of at least 4 members (excludes halogenated alkanes) is 4. The molecule has 0 saturated heterocycles. The van der Waals surface area contributed by atoms with Crippen LogP contribution in [0.2, 0.25) is 0 Å². The molecule has 1 unspecified atom stereocenters. The number of carbonyl (C=O) groups excluding carboxylic acids is 3. The zero-order chi connectivity index (χ0) is 33.6. The van der Waals surface area contributed by atoms with Gasteiger partial charge in [-0.1, -0.05) is 32.2 Å². The Balaban J connectivity index is 1.21. The van der Waals surface area contributed by atoms with Gasteiger partial charge in [-0.15, -0.1) is 0 Å². The first-order valence-corrected chi connectivity index (χ1v) is 15.9. The van der Waals surface area contributed by atoms with Crippen molar-refractivity contribution in [3.8, 4) is 28.4 Å². The largest absolute Gasteiger partial charge is 0.494 e. The van der Waals surface area contributed by atoms with Crippen LogP contribution in [-0.4, -0.2) is 56.0 Å². The predicted molar refractivity (Wildman–Crippen MR) is 178 cm³/mol. The lowest BCUT2D eigenvalue weighted by molar-refractivity contribution is -0.140. The lowest BCUT2D eigenvalue weighted by atomic mass is 9.99. The SMILES string of the molecule is C=CC(=O)OCCCCOc1ccc(C(=O)Oc2ccc3c(c2)C(C)c2cc(OCCCCCCOC(=O)C(=C)CO)ccc2-3)cc1. The summed E-state index contributed by atoms with van der Waals surface area (Å²) >= 11 is 0. The van der Waals surface area contributed by atoms with E-state index in [2.05, 4.69) is 32.2 Å². The number of aliphatic hydroxyl groups excluding tert-OH is 1. The van der Waals surface area contributed by atoms with E-state index >= 15 is 0 Å². The Hall–Kier alpha value is -4.89. The highest BCUT2D eigenvalue weighted by molar-refractivity contribution is 5.91. The molecule has 4 rings (SSSR count). The van der Waals surface area contributed by atoms with Crippen molar-refractivity contribution in [2.24, 2.45) is 0 Å². The Kier molecular flexibility index (Phi) is 13.2. The minimum absolute atomic E-state index is 0.0650. The molecule has 1 aliphatic carbocycles. The van der Waals surface area contributed by atoms with E-state index in [-0.39, 0.29) is 11.5 Å². The summed E-state index contributed by atoms with van der Waals surface area (Å²) in [5.74, 6) is 0.606. The third-order valence-corrected chi connectivity index (χ3v) is 7.81. The minimum Gasteiger partial charge on any atom is -0.494 e. The van der Waals surface area contributed by atoms with Gasteiger partial charge in [0.1, 0.15) is 17.2 Å². The summed E-state index contributed by atoms with van der Waals surface area (Å²) in [6, 6.07) is 18.7. The standard InChI is InChI=1S/C38H42O9/c1-4-36(40)45-21-10-9-20-43-29-13-11-28(12-14-29)38(42)47-31-16-18-33-32-17-15-30(23-34(32)27(3)35(33)24-31)44-19-7-5-6-8-22-46-37(41)26(2)25-39/h4,11-18,23-24,27,39H,1-2,5-10,19-22,25H2,3H3. The fourth-order valence-corrected chi connectivity index (χ4v) is 5.17. The van der Waals surface area contributed by atoms with Crippen molar-refractivity contribution in [2.75, 3.05) is 33.0 Å². The summed E-state index contributed by atoms with van der Waals surface area (Å²) in [5, 5.41) is 8.89. The minimum atomic E-state index is -0.550. The van der Waals surface area contributed by atoms with Crippen LogP contribution in [0.25, 0.3) is 11.1 Å². The Morgan fingerprint density at radius 3 is 1.91 bits per heavy atom. The van der Waals surface area contributed by atoms with Crippen LogP contribution in [0, 0.1) is 0 Å². The number of esters is 3. The van der Waals surface area contributed by atoms with Crippen LogP contribution in [0.5, 0.6) is 17.2 Å². The van der Waals surface area contributed by atoms with Gasteiger partial charge in [-0.3, -0.25) is 0 Å². The average Bonchev–Trinajstić information content (AvgIpc) is 3.36. The number of carbonyl (C=O) groups is 3. The Morgan fingerprint density at radius 1 is 0.723 bits per heavy atom. The maximum Gasteiger partial charge on any atom is 0.343 e. The van der Waals surface area contributed by atoms with Crippen molar-refractivity contribution in [3.05, 3.63) is 102 Å². The number of hydrogen-bond donors (Lipinski definition) is 1. The van der Waals surface area contributed by atoms with E-state index < -0.39 is 24.5 Å². The highest BCUT2D eigenvalue weighted by Gasteiger charge is 2.27. The lowest BCUT2D eigenvalue weighted by Crippen LogP contribution is -2.10. The van der Waals surface area contributed by atoms with Crippen molar-refractivity contribution in [1.82, 2.24) is 0 Å². The first-order valence-electron chi connectivity index (χ1n) is 15.9. The molecule has 9 nitrogen and oxygen atoms in total. The van der Waals surface area contributed by atoms with Gasteiger partial charge in [0.05, 0.1) is 44.2 Å². The molecule has 0 aromatic heterocycles. The van der Waals surface area contributed by atoms with Crippen molar-refractivity contribution < 1.29 is 43.2 Å². The molecule has 3 aromatic rings. The molecule has 1 atom stereocenters. The normalized spacial score (nSPS) is 12.8. The summed E-state index contributed by atoms with van der Waals surface area (Å²) in [5.41, 5.74) is 5.00. The van der Waals surface area contributed by atoms with Gasteiger partial charge in [0, 0.05) is 12.0 Å². The molecular weight excluding hydrogens is 600 g/mol. The molecule has 47 heavy (non-hydrogen) atoms. The molecular formula is C38H42O9. The van der Waals surface area contributed by atoms with Gasteiger partial charge in [-0.2, -0.15) is 0 Å². The second kappa shape index (κ2) is 17.7. The molecule has 0 spiro atoms. The molecule has 0 radical (unpaired) electrons. The van der Waals surface area contributed by atoms with E-state index in [0.717, 1.165) is 60.6 Å². The Labute approximate surface area is 275 Å². The maximum atomic E-state index is 12.9. The summed E-state index contributed by atoms with van der Waals surface area (Å²) in [7, 11) is 0. The highest BCUT2D eigenvalue weighted by Crippen LogP contribution is 2.47.